The van der Waals surface area contributed by atoms with E-state index in [2.05, 4.69) is 26.8 Å². The van der Waals surface area contributed by atoms with Crippen molar-refractivity contribution in [1.82, 2.24) is 19.4 Å². The molecule has 42 heavy (non-hydrogen) atoms. The summed E-state index contributed by atoms with van der Waals surface area (Å²) in [5.74, 6) is 7.41. The number of piperidine rings is 2. The fourth-order valence-corrected chi connectivity index (χ4v) is 6.15. The largest absolute Gasteiger partial charge is 0.444 e. The van der Waals surface area contributed by atoms with Gasteiger partial charge >= 0.3 is 11.8 Å². The average Bonchev–Trinajstić information content (AvgIpc) is 3.17. The Morgan fingerprint density at radius 1 is 1.02 bits per heavy atom. The number of nitrogens with two attached hydrogens (primary N) is 1. The van der Waals surface area contributed by atoms with Crippen molar-refractivity contribution in [3.05, 3.63) is 34.2 Å². The van der Waals surface area contributed by atoms with E-state index in [4.69, 9.17) is 5.73 Å². The maximum absolute atomic E-state index is 12.9. The van der Waals surface area contributed by atoms with Crippen LogP contribution in [0.15, 0.2) is 23.0 Å². The molecule has 10 nitrogen and oxygen atoms in total. The molecule has 3 aliphatic rings. The number of hydrogen-bond acceptors (Lipinski definition) is 6. The maximum atomic E-state index is 12.9. The van der Waals surface area contributed by atoms with Crippen LogP contribution in [0.4, 0.5) is 4.79 Å². The number of rotatable bonds is 3. The molecule has 10 heteroatoms. The third-order valence-electron chi connectivity index (χ3n) is 8.27. The number of benzene rings is 1. The highest BCUT2D eigenvalue weighted by atomic mass is 16.6. The molecule has 3 fully saturated rings. The molecule has 2 saturated heterocycles. The molecule has 1 unspecified atom stereocenters. The summed E-state index contributed by atoms with van der Waals surface area (Å²) < 4.78 is 7.65. The molecule has 0 bridgehead atoms. The fourth-order valence-electron chi connectivity index (χ4n) is 6.15. The Balaban J connectivity index is 0.000000446. The van der Waals surface area contributed by atoms with Crippen molar-refractivity contribution in [3.63, 3.8) is 0 Å². The number of nitrogens with one attached hydrogen (secondary N) is 1. The molecule has 228 valence electrons. The Morgan fingerprint density at radius 2 is 1.71 bits per heavy atom. The highest BCUT2D eigenvalue weighted by Crippen LogP contribution is 2.27. The standard InChI is InChI=1S/C27H34N4O3.C5H11NO2/c1-29-24-17-20(8-7-19-13-15-30(16-14-19)18-21-5-3-2-4-6-21)9-10-22(24)31(27(29)34)23-11-12-25(32)28-26(23)33;1-5(2,3)8-4(6)7/h9-10,17,19,21,23H,2-6,11-16,18H2,1H3,(H,28,32,33);1-3H3,(H2,6,7). The normalized spacial score (nSPS) is 20.7. The van der Waals surface area contributed by atoms with Gasteiger partial charge in [-0.3, -0.25) is 24.0 Å². The predicted molar refractivity (Wildman–Crippen MR) is 162 cm³/mol. The van der Waals surface area contributed by atoms with Gasteiger partial charge in [-0.05, 0) is 90.1 Å². The van der Waals surface area contributed by atoms with Gasteiger partial charge in [-0.2, -0.15) is 0 Å². The molecule has 0 spiro atoms. The molecule has 1 atom stereocenters. The van der Waals surface area contributed by atoms with E-state index in [9.17, 15) is 19.2 Å². The van der Waals surface area contributed by atoms with Crippen LogP contribution in [0.5, 0.6) is 0 Å². The van der Waals surface area contributed by atoms with Crippen molar-refractivity contribution >= 4 is 28.9 Å². The number of aromatic nitrogens is 2. The number of imidazole rings is 1. The zero-order valence-corrected chi connectivity index (χ0v) is 25.4. The van der Waals surface area contributed by atoms with Gasteiger partial charge in [-0.25, -0.2) is 9.59 Å². The lowest BCUT2D eigenvalue weighted by atomic mass is 9.88. The number of amides is 3. The summed E-state index contributed by atoms with van der Waals surface area (Å²) in [6.45, 7) is 8.82. The number of imide groups is 1. The number of primary amides is 1. The Hall–Kier alpha value is -3.58. The van der Waals surface area contributed by atoms with E-state index in [1.54, 1.807) is 32.4 Å². The van der Waals surface area contributed by atoms with Gasteiger partial charge in [-0.1, -0.05) is 31.1 Å². The first kappa shape index (κ1) is 31.4. The lowest BCUT2D eigenvalue weighted by Gasteiger charge is -2.34. The zero-order valence-electron chi connectivity index (χ0n) is 25.4. The second kappa shape index (κ2) is 13.6. The van der Waals surface area contributed by atoms with Gasteiger partial charge in [0.2, 0.25) is 11.8 Å². The van der Waals surface area contributed by atoms with Crippen molar-refractivity contribution in [3.8, 4) is 11.8 Å². The maximum Gasteiger partial charge on any atom is 0.405 e. The van der Waals surface area contributed by atoms with Crippen LogP contribution in [0, 0.1) is 23.7 Å². The van der Waals surface area contributed by atoms with E-state index in [1.807, 2.05) is 18.2 Å². The van der Waals surface area contributed by atoms with Gasteiger partial charge in [0.25, 0.3) is 0 Å². The first-order valence-electron chi connectivity index (χ1n) is 15.2. The van der Waals surface area contributed by atoms with Crippen molar-refractivity contribution in [1.29, 1.82) is 0 Å². The van der Waals surface area contributed by atoms with E-state index in [0.717, 1.165) is 42.9 Å². The smallest absolute Gasteiger partial charge is 0.405 e. The minimum Gasteiger partial charge on any atom is -0.444 e. The number of carbonyl (C=O) groups excluding carboxylic acids is 3. The van der Waals surface area contributed by atoms with E-state index in [0.29, 0.717) is 17.9 Å². The second-order valence-electron chi connectivity index (χ2n) is 12.8. The Kier molecular flexibility index (Phi) is 10.2. The average molecular weight is 580 g/mol. The molecule has 3 heterocycles. The molecule has 2 aromatic rings. The Bertz CT molecular complexity index is 1410. The first-order chi connectivity index (χ1) is 19.9. The molecule has 3 N–H and O–H groups in total. The van der Waals surface area contributed by atoms with Crippen molar-refractivity contribution in [2.45, 2.75) is 90.2 Å². The lowest BCUT2D eigenvalue weighted by molar-refractivity contribution is -0.135. The number of nitrogens with zero attached hydrogens (tertiary/aromatic N) is 3. The topological polar surface area (TPSA) is 129 Å². The van der Waals surface area contributed by atoms with Crippen LogP contribution in [0.1, 0.15) is 90.2 Å². The summed E-state index contributed by atoms with van der Waals surface area (Å²) in [6.07, 6.45) is 9.10. The lowest BCUT2D eigenvalue weighted by Crippen LogP contribution is -2.44. The van der Waals surface area contributed by atoms with Gasteiger partial charge in [0.15, 0.2) is 0 Å². The zero-order chi connectivity index (χ0) is 30.4. The highest BCUT2D eigenvalue weighted by molar-refractivity contribution is 6.00. The minimum absolute atomic E-state index is 0.238. The van der Waals surface area contributed by atoms with Gasteiger partial charge in [-0.15, -0.1) is 0 Å². The van der Waals surface area contributed by atoms with E-state index < -0.39 is 23.6 Å². The number of ether oxygens (including phenoxy) is 1. The first-order valence-corrected chi connectivity index (χ1v) is 15.2. The van der Waals surface area contributed by atoms with Crippen LogP contribution in [-0.4, -0.2) is 57.2 Å². The molecule has 2 aliphatic heterocycles. The molecule has 1 aliphatic carbocycles. The van der Waals surface area contributed by atoms with Crippen molar-refractivity contribution in [2.75, 3.05) is 19.6 Å². The number of hydrogen-bond donors (Lipinski definition) is 2. The van der Waals surface area contributed by atoms with Crippen LogP contribution in [-0.2, 0) is 21.4 Å². The molecule has 0 radical (unpaired) electrons. The number of aryl methyl sites for hydroxylation is 1. The molecular formula is C32H45N5O5. The summed E-state index contributed by atoms with van der Waals surface area (Å²) in [6, 6.07) is 5.07. The summed E-state index contributed by atoms with van der Waals surface area (Å²) in [5, 5.41) is 2.35. The summed E-state index contributed by atoms with van der Waals surface area (Å²) in [5.41, 5.74) is 6.35. The molecule has 3 amide bonds. The summed E-state index contributed by atoms with van der Waals surface area (Å²) in [4.78, 5) is 49.5. The SMILES string of the molecule is CC(C)(C)OC(N)=O.Cn1c(=O)n(C2CCC(=O)NC2=O)c2ccc(C#CC3CCN(CC4CCCCC4)CC3)cc21. The van der Waals surface area contributed by atoms with Gasteiger partial charge in [0.1, 0.15) is 11.6 Å². The third kappa shape index (κ3) is 8.25. The van der Waals surface area contributed by atoms with E-state index in [1.165, 1.54) is 43.2 Å². The molecular weight excluding hydrogens is 534 g/mol. The number of fused-ring (bicyclic) bond motifs is 1. The monoisotopic (exact) mass is 579 g/mol. The number of likely N-dealkylation sites (tertiary alicyclic amines) is 1. The second-order valence-corrected chi connectivity index (χ2v) is 12.8. The van der Waals surface area contributed by atoms with Crippen LogP contribution < -0.4 is 16.7 Å². The summed E-state index contributed by atoms with van der Waals surface area (Å²) >= 11 is 0. The van der Waals surface area contributed by atoms with E-state index in [-0.39, 0.29) is 18.0 Å². The summed E-state index contributed by atoms with van der Waals surface area (Å²) in [7, 11) is 1.71. The number of carbonyl (C=O) groups is 3. The van der Waals surface area contributed by atoms with Crippen LogP contribution in [0.3, 0.4) is 0 Å². The molecule has 1 aromatic heterocycles. The molecule has 1 aromatic carbocycles. The van der Waals surface area contributed by atoms with Crippen LogP contribution in [0.2, 0.25) is 0 Å². The van der Waals surface area contributed by atoms with Gasteiger partial charge in [0, 0.05) is 31.5 Å². The van der Waals surface area contributed by atoms with Gasteiger partial charge < -0.3 is 15.4 Å². The minimum atomic E-state index is -0.725. The fraction of sp³-hybridized carbons (Fsp3) is 0.625. The molecule has 5 rings (SSSR count). The molecule has 1 saturated carbocycles. The predicted octanol–water partition coefficient (Wildman–Crippen LogP) is 3.84. The quantitative estimate of drug-likeness (QED) is 0.420. The van der Waals surface area contributed by atoms with Crippen molar-refractivity contribution < 1.29 is 19.1 Å². The Labute approximate surface area is 247 Å². The van der Waals surface area contributed by atoms with Crippen LogP contribution in [0.25, 0.3) is 11.0 Å². The Morgan fingerprint density at radius 3 is 2.31 bits per heavy atom. The third-order valence-corrected chi connectivity index (χ3v) is 8.27. The van der Waals surface area contributed by atoms with Crippen molar-refractivity contribution in [2.24, 2.45) is 24.6 Å². The highest BCUT2D eigenvalue weighted by Gasteiger charge is 2.31. The van der Waals surface area contributed by atoms with Gasteiger partial charge in [0.05, 0.1) is 11.0 Å². The van der Waals surface area contributed by atoms with E-state index >= 15 is 0 Å². The van der Waals surface area contributed by atoms with Crippen LogP contribution >= 0.6 is 0 Å².